The zero-order valence-corrected chi connectivity index (χ0v) is 8.03. The van der Waals surface area contributed by atoms with E-state index in [1.807, 2.05) is 12.1 Å². The number of benzene rings is 1. The van der Waals surface area contributed by atoms with Crippen LogP contribution in [0.1, 0.15) is 18.9 Å². The Hall–Kier alpha value is -1.08. The van der Waals surface area contributed by atoms with Gasteiger partial charge in [0.25, 0.3) is 0 Å². The number of aliphatic hydroxyl groups excluding tert-OH is 1. The second-order valence-electron chi connectivity index (χ2n) is 3.22. The first kappa shape index (κ1) is 10.0. The van der Waals surface area contributed by atoms with Gasteiger partial charge < -0.3 is 5.11 Å². The molecule has 0 atom stereocenters. The molecule has 0 aliphatic heterocycles. The van der Waals surface area contributed by atoms with Crippen molar-refractivity contribution in [1.29, 1.82) is 0 Å². The third kappa shape index (κ3) is 3.90. The molecule has 0 amide bonds. The summed E-state index contributed by atoms with van der Waals surface area (Å²) in [6.45, 7) is 2.21. The molecule has 0 unspecified atom stereocenters. The third-order valence-electron chi connectivity index (χ3n) is 2.09. The van der Waals surface area contributed by atoms with E-state index in [4.69, 9.17) is 5.11 Å². The summed E-state index contributed by atoms with van der Waals surface area (Å²) in [6, 6.07) is 10.4. The Morgan fingerprint density at radius 3 is 2.62 bits per heavy atom. The zero-order valence-electron chi connectivity index (χ0n) is 8.03. The van der Waals surface area contributed by atoms with Crippen molar-refractivity contribution in [3.05, 3.63) is 47.5 Å². The molecule has 0 spiro atoms. The molecule has 13 heavy (non-hydrogen) atoms. The fourth-order valence-corrected chi connectivity index (χ4v) is 1.24. The predicted octanol–water partition coefficient (Wildman–Crippen LogP) is 2.56. The van der Waals surface area contributed by atoms with Gasteiger partial charge >= 0.3 is 0 Å². The highest BCUT2D eigenvalue weighted by Crippen LogP contribution is 2.07. The minimum Gasteiger partial charge on any atom is -0.392 e. The maximum absolute atomic E-state index is 8.66. The van der Waals surface area contributed by atoms with Crippen LogP contribution < -0.4 is 0 Å². The lowest BCUT2D eigenvalue weighted by atomic mass is 10.1. The van der Waals surface area contributed by atoms with Gasteiger partial charge in [0.15, 0.2) is 0 Å². The first-order valence-electron chi connectivity index (χ1n) is 4.63. The highest BCUT2D eigenvalue weighted by atomic mass is 16.2. The normalized spacial score (nSPS) is 11.7. The van der Waals surface area contributed by atoms with Gasteiger partial charge in [-0.2, -0.15) is 0 Å². The molecule has 1 nitrogen and oxygen atoms in total. The number of rotatable bonds is 4. The number of aliphatic hydroxyl groups is 1. The van der Waals surface area contributed by atoms with E-state index < -0.39 is 0 Å². The largest absolute Gasteiger partial charge is 0.392 e. The first-order valence-corrected chi connectivity index (χ1v) is 4.63. The summed E-state index contributed by atoms with van der Waals surface area (Å²) in [5.41, 5.74) is 2.61. The molecule has 0 saturated carbocycles. The van der Waals surface area contributed by atoms with Crippen LogP contribution in [0.15, 0.2) is 42.0 Å². The Morgan fingerprint density at radius 1 is 1.31 bits per heavy atom. The van der Waals surface area contributed by atoms with Crippen LogP contribution in [0.5, 0.6) is 0 Å². The van der Waals surface area contributed by atoms with Crippen molar-refractivity contribution in [3.8, 4) is 0 Å². The quantitative estimate of drug-likeness (QED) is 0.699. The fourth-order valence-electron chi connectivity index (χ4n) is 1.24. The molecule has 1 aromatic carbocycles. The van der Waals surface area contributed by atoms with Gasteiger partial charge in [-0.3, -0.25) is 0 Å². The lowest BCUT2D eigenvalue weighted by Gasteiger charge is -2.00. The van der Waals surface area contributed by atoms with Crippen molar-refractivity contribution >= 4 is 0 Å². The Balaban J connectivity index is 2.39. The molecule has 70 valence electrons. The average molecular weight is 176 g/mol. The van der Waals surface area contributed by atoms with E-state index >= 15 is 0 Å². The minimum atomic E-state index is 0.153. The minimum absolute atomic E-state index is 0.153. The fraction of sp³-hybridized carbons (Fsp3) is 0.333. The van der Waals surface area contributed by atoms with Gasteiger partial charge in [-0.05, 0) is 25.3 Å². The monoisotopic (exact) mass is 176 g/mol. The molecular formula is C12H16O. The highest BCUT2D eigenvalue weighted by Gasteiger charge is 1.92. The molecule has 0 aliphatic carbocycles. The maximum Gasteiger partial charge on any atom is 0.0614 e. The van der Waals surface area contributed by atoms with Crippen LogP contribution in [0.4, 0.5) is 0 Å². The Kier molecular flexibility index (Phi) is 4.27. The van der Waals surface area contributed by atoms with E-state index in [1.165, 1.54) is 11.1 Å². The summed E-state index contributed by atoms with van der Waals surface area (Å²) in [6.07, 6.45) is 3.96. The smallest absolute Gasteiger partial charge is 0.0614 e. The van der Waals surface area contributed by atoms with Crippen molar-refractivity contribution in [2.45, 2.75) is 19.8 Å². The lowest BCUT2D eigenvalue weighted by molar-refractivity contribution is 0.341. The standard InChI is InChI=1S/C12H16O/c1-11(9-10-13)7-8-12-5-3-2-4-6-12/h2-6,9,13H,7-8,10H2,1H3. The zero-order chi connectivity index (χ0) is 9.52. The number of aryl methyl sites for hydroxylation is 1. The van der Waals surface area contributed by atoms with E-state index in [2.05, 4.69) is 31.2 Å². The SMILES string of the molecule is CC(=CCO)CCc1ccccc1. The first-order chi connectivity index (χ1) is 6.33. The van der Waals surface area contributed by atoms with Gasteiger partial charge in [0.1, 0.15) is 0 Å². The molecule has 1 aromatic rings. The predicted molar refractivity (Wildman–Crippen MR) is 55.6 cm³/mol. The van der Waals surface area contributed by atoms with Gasteiger partial charge in [0.2, 0.25) is 0 Å². The van der Waals surface area contributed by atoms with Crippen molar-refractivity contribution in [2.24, 2.45) is 0 Å². The molecule has 0 heterocycles. The number of hydrogen-bond donors (Lipinski definition) is 1. The van der Waals surface area contributed by atoms with Gasteiger partial charge in [0, 0.05) is 0 Å². The maximum atomic E-state index is 8.66. The molecule has 0 aromatic heterocycles. The van der Waals surface area contributed by atoms with Crippen LogP contribution in [0.2, 0.25) is 0 Å². The van der Waals surface area contributed by atoms with Crippen LogP contribution in [0.3, 0.4) is 0 Å². The van der Waals surface area contributed by atoms with Gasteiger partial charge in [-0.1, -0.05) is 42.0 Å². The van der Waals surface area contributed by atoms with E-state index in [0.717, 1.165) is 12.8 Å². The molecule has 0 aliphatic rings. The summed E-state index contributed by atoms with van der Waals surface area (Å²) in [7, 11) is 0. The number of allylic oxidation sites excluding steroid dienone is 1. The van der Waals surface area contributed by atoms with E-state index in [-0.39, 0.29) is 6.61 Å². The van der Waals surface area contributed by atoms with Crippen LogP contribution >= 0.6 is 0 Å². The summed E-state index contributed by atoms with van der Waals surface area (Å²) in [5, 5.41) is 8.66. The average Bonchev–Trinajstić information content (AvgIpc) is 2.17. The Morgan fingerprint density at radius 2 is 2.00 bits per heavy atom. The van der Waals surface area contributed by atoms with Gasteiger partial charge in [0.05, 0.1) is 6.61 Å². The van der Waals surface area contributed by atoms with E-state index in [0.29, 0.717) is 0 Å². The molecule has 1 heteroatoms. The van der Waals surface area contributed by atoms with Crippen molar-refractivity contribution < 1.29 is 5.11 Å². The molecule has 1 N–H and O–H groups in total. The highest BCUT2D eigenvalue weighted by molar-refractivity contribution is 5.16. The summed E-state index contributed by atoms with van der Waals surface area (Å²) in [5.74, 6) is 0. The van der Waals surface area contributed by atoms with Crippen molar-refractivity contribution in [2.75, 3.05) is 6.61 Å². The van der Waals surface area contributed by atoms with Crippen LogP contribution in [0, 0.1) is 0 Å². The summed E-state index contributed by atoms with van der Waals surface area (Å²) in [4.78, 5) is 0. The van der Waals surface area contributed by atoms with Crippen LogP contribution in [-0.2, 0) is 6.42 Å². The van der Waals surface area contributed by atoms with E-state index in [9.17, 15) is 0 Å². The van der Waals surface area contributed by atoms with Gasteiger partial charge in [-0.15, -0.1) is 0 Å². The summed E-state index contributed by atoms with van der Waals surface area (Å²) >= 11 is 0. The molecule has 0 saturated heterocycles. The van der Waals surface area contributed by atoms with Crippen molar-refractivity contribution in [1.82, 2.24) is 0 Å². The Labute approximate surface area is 79.7 Å². The molecule has 0 fully saturated rings. The van der Waals surface area contributed by atoms with Crippen LogP contribution in [0.25, 0.3) is 0 Å². The van der Waals surface area contributed by atoms with Crippen molar-refractivity contribution in [3.63, 3.8) is 0 Å². The third-order valence-corrected chi connectivity index (χ3v) is 2.09. The molecular weight excluding hydrogens is 160 g/mol. The van der Waals surface area contributed by atoms with E-state index in [1.54, 1.807) is 0 Å². The Bertz CT molecular complexity index is 262. The lowest BCUT2D eigenvalue weighted by Crippen LogP contribution is -1.87. The second-order valence-corrected chi connectivity index (χ2v) is 3.22. The molecule has 1 rings (SSSR count). The van der Waals surface area contributed by atoms with Gasteiger partial charge in [-0.25, -0.2) is 0 Å². The second kappa shape index (κ2) is 5.55. The summed E-state index contributed by atoms with van der Waals surface area (Å²) < 4.78 is 0. The van der Waals surface area contributed by atoms with Crippen LogP contribution in [-0.4, -0.2) is 11.7 Å². The topological polar surface area (TPSA) is 20.2 Å². The number of hydrogen-bond acceptors (Lipinski definition) is 1. The molecule has 0 radical (unpaired) electrons. The molecule has 0 bridgehead atoms.